The molecule has 0 aromatic heterocycles. The first kappa shape index (κ1) is 17.9. The van der Waals surface area contributed by atoms with Crippen LogP contribution in [0.2, 0.25) is 0 Å². The molecule has 0 unspecified atom stereocenters. The molecule has 1 aliphatic heterocycles. The van der Waals surface area contributed by atoms with E-state index in [2.05, 4.69) is 10.0 Å². The lowest BCUT2D eigenvalue weighted by Crippen LogP contribution is -2.26. The van der Waals surface area contributed by atoms with Gasteiger partial charge in [0.1, 0.15) is 5.75 Å². The number of nitrogens with one attached hydrogen (secondary N) is 2. The Morgan fingerprint density at radius 3 is 2.54 bits per heavy atom. The highest BCUT2D eigenvalue weighted by Gasteiger charge is 2.24. The summed E-state index contributed by atoms with van der Waals surface area (Å²) in [6.45, 7) is 1.49. The number of carbonyl (C=O) groups is 1. The fraction of sp³-hybridized carbons (Fsp3) is 0.235. The second-order valence-corrected chi connectivity index (χ2v) is 7.28. The van der Waals surface area contributed by atoms with Crippen molar-refractivity contribution in [1.29, 1.82) is 0 Å². The number of methoxy groups -OCH3 is 2. The van der Waals surface area contributed by atoms with Gasteiger partial charge in [0.2, 0.25) is 0 Å². The van der Waals surface area contributed by atoms with Crippen molar-refractivity contribution in [2.24, 2.45) is 0 Å². The number of hydrogen-bond donors (Lipinski definition) is 2. The Morgan fingerprint density at radius 1 is 1.12 bits per heavy atom. The first-order valence-corrected chi connectivity index (χ1v) is 9.14. The number of carbonyl (C=O) groups excluding carboxylic acids is 1. The van der Waals surface area contributed by atoms with E-state index in [1.54, 1.807) is 25.1 Å². The van der Waals surface area contributed by atoms with Gasteiger partial charge in [0.15, 0.2) is 18.1 Å². The molecule has 2 aromatic carbocycles. The van der Waals surface area contributed by atoms with Crippen LogP contribution in [0.1, 0.15) is 5.56 Å². The Hall–Kier alpha value is -2.94. The second kappa shape index (κ2) is 6.75. The fourth-order valence-electron chi connectivity index (χ4n) is 2.62. The molecule has 8 nitrogen and oxygen atoms in total. The molecule has 0 aliphatic carbocycles. The summed E-state index contributed by atoms with van der Waals surface area (Å²) in [7, 11) is -0.910. The fourth-order valence-corrected chi connectivity index (χ4v) is 3.91. The Bertz CT molecular complexity index is 971. The molecule has 0 bridgehead atoms. The van der Waals surface area contributed by atoms with Gasteiger partial charge in [-0.2, -0.15) is 0 Å². The SMILES string of the molecule is COc1ccc(NS(=O)(=O)c2cc3c(cc2C)NC(=O)CO3)cc1OC. The molecular weight excluding hydrogens is 360 g/mol. The van der Waals surface area contributed by atoms with Gasteiger partial charge in [-0.3, -0.25) is 9.52 Å². The zero-order valence-electron chi connectivity index (χ0n) is 14.5. The second-order valence-electron chi connectivity index (χ2n) is 5.63. The highest BCUT2D eigenvalue weighted by atomic mass is 32.2. The van der Waals surface area contributed by atoms with Crippen LogP contribution in [0.5, 0.6) is 17.2 Å². The van der Waals surface area contributed by atoms with Crippen molar-refractivity contribution in [2.75, 3.05) is 30.9 Å². The summed E-state index contributed by atoms with van der Waals surface area (Å²) in [4.78, 5) is 11.4. The monoisotopic (exact) mass is 378 g/mol. The number of sulfonamides is 1. The van der Waals surface area contributed by atoms with Gasteiger partial charge in [-0.15, -0.1) is 0 Å². The molecule has 0 radical (unpaired) electrons. The minimum Gasteiger partial charge on any atom is -0.493 e. The minimum atomic E-state index is -3.87. The summed E-state index contributed by atoms with van der Waals surface area (Å²) < 4.78 is 43.7. The minimum absolute atomic E-state index is 0.0576. The van der Waals surface area contributed by atoms with E-state index < -0.39 is 10.0 Å². The first-order valence-electron chi connectivity index (χ1n) is 7.66. The summed E-state index contributed by atoms with van der Waals surface area (Å²) in [5, 5.41) is 2.65. The molecule has 0 spiro atoms. The molecule has 2 N–H and O–H groups in total. The summed E-state index contributed by atoms with van der Waals surface area (Å²) in [5.41, 5.74) is 1.25. The van der Waals surface area contributed by atoms with E-state index >= 15 is 0 Å². The molecule has 9 heteroatoms. The van der Waals surface area contributed by atoms with Crippen LogP contribution < -0.4 is 24.2 Å². The largest absolute Gasteiger partial charge is 0.493 e. The molecule has 1 heterocycles. The average Bonchev–Trinajstić information content (AvgIpc) is 2.60. The Kier molecular flexibility index (Phi) is 4.64. The van der Waals surface area contributed by atoms with Crippen molar-refractivity contribution in [3.8, 4) is 17.2 Å². The van der Waals surface area contributed by atoms with Crippen LogP contribution in [-0.2, 0) is 14.8 Å². The molecule has 138 valence electrons. The molecule has 1 amide bonds. The number of aryl methyl sites for hydroxylation is 1. The lowest BCUT2D eigenvalue weighted by atomic mass is 10.2. The van der Waals surface area contributed by atoms with Crippen LogP contribution in [0.3, 0.4) is 0 Å². The highest BCUT2D eigenvalue weighted by molar-refractivity contribution is 7.92. The van der Waals surface area contributed by atoms with Gasteiger partial charge in [0, 0.05) is 12.1 Å². The maximum absolute atomic E-state index is 12.8. The van der Waals surface area contributed by atoms with Crippen LogP contribution in [0.4, 0.5) is 11.4 Å². The van der Waals surface area contributed by atoms with Gasteiger partial charge in [-0.05, 0) is 30.7 Å². The maximum atomic E-state index is 12.8. The third kappa shape index (κ3) is 3.38. The van der Waals surface area contributed by atoms with Crippen molar-refractivity contribution in [2.45, 2.75) is 11.8 Å². The number of fused-ring (bicyclic) bond motifs is 1. The maximum Gasteiger partial charge on any atom is 0.262 e. The zero-order valence-corrected chi connectivity index (χ0v) is 15.3. The van der Waals surface area contributed by atoms with E-state index in [1.807, 2.05) is 0 Å². The van der Waals surface area contributed by atoms with Crippen LogP contribution in [-0.4, -0.2) is 35.2 Å². The number of ether oxygens (including phenoxy) is 3. The van der Waals surface area contributed by atoms with E-state index in [0.29, 0.717) is 34.2 Å². The first-order chi connectivity index (χ1) is 12.3. The average molecular weight is 378 g/mol. The number of hydrogen-bond acceptors (Lipinski definition) is 6. The molecule has 0 atom stereocenters. The molecule has 3 rings (SSSR count). The van der Waals surface area contributed by atoms with Crippen molar-refractivity contribution in [3.63, 3.8) is 0 Å². The van der Waals surface area contributed by atoms with Crippen molar-refractivity contribution in [1.82, 2.24) is 0 Å². The van der Waals surface area contributed by atoms with Gasteiger partial charge >= 0.3 is 0 Å². The highest BCUT2D eigenvalue weighted by Crippen LogP contribution is 2.35. The molecule has 0 fully saturated rings. The van der Waals surface area contributed by atoms with Crippen molar-refractivity contribution >= 4 is 27.3 Å². The van der Waals surface area contributed by atoms with Crippen LogP contribution in [0.15, 0.2) is 35.2 Å². The van der Waals surface area contributed by atoms with Crippen LogP contribution in [0.25, 0.3) is 0 Å². The summed E-state index contributed by atoms with van der Waals surface area (Å²) in [6.07, 6.45) is 0. The molecule has 0 saturated carbocycles. The van der Waals surface area contributed by atoms with Crippen LogP contribution in [0, 0.1) is 6.92 Å². The standard InChI is InChI=1S/C17H18N2O6S/c1-10-6-12-14(25-9-17(20)18-12)8-16(10)26(21,22)19-11-4-5-13(23-2)15(7-11)24-3/h4-8,19H,9H2,1-3H3,(H,18,20). The van der Waals surface area contributed by atoms with E-state index in [4.69, 9.17) is 14.2 Å². The topological polar surface area (TPSA) is 103 Å². The third-order valence-corrected chi connectivity index (χ3v) is 5.36. The van der Waals surface area contributed by atoms with Crippen molar-refractivity contribution < 1.29 is 27.4 Å². The molecular formula is C17H18N2O6S. The van der Waals surface area contributed by atoms with E-state index in [9.17, 15) is 13.2 Å². The number of rotatable bonds is 5. The van der Waals surface area contributed by atoms with Crippen molar-refractivity contribution in [3.05, 3.63) is 35.9 Å². The molecule has 0 saturated heterocycles. The normalized spacial score (nSPS) is 13.3. The lowest BCUT2D eigenvalue weighted by Gasteiger charge is -2.20. The Morgan fingerprint density at radius 2 is 1.85 bits per heavy atom. The van der Waals surface area contributed by atoms with Gasteiger partial charge in [-0.1, -0.05) is 0 Å². The lowest BCUT2D eigenvalue weighted by molar-refractivity contribution is -0.118. The van der Waals surface area contributed by atoms with Gasteiger partial charge in [0.25, 0.3) is 15.9 Å². The Balaban J connectivity index is 1.95. The van der Waals surface area contributed by atoms with E-state index in [-0.39, 0.29) is 17.4 Å². The molecule has 1 aliphatic rings. The van der Waals surface area contributed by atoms with E-state index in [1.165, 1.54) is 26.4 Å². The van der Waals surface area contributed by atoms with Gasteiger partial charge in [-0.25, -0.2) is 8.42 Å². The van der Waals surface area contributed by atoms with Gasteiger partial charge in [0.05, 0.1) is 30.5 Å². The third-order valence-electron chi connectivity index (χ3n) is 3.84. The molecule has 2 aromatic rings. The summed E-state index contributed by atoms with van der Waals surface area (Å²) in [5.74, 6) is 0.921. The number of anilines is 2. The predicted molar refractivity (Wildman–Crippen MR) is 95.7 cm³/mol. The van der Waals surface area contributed by atoms with E-state index in [0.717, 1.165) is 0 Å². The number of amides is 1. The predicted octanol–water partition coefficient (Wildman–Crippen LogP) is 2.14. The zero-order chi connectivity index (χ0) is 18.9. The smallest absolute Gasteiger partial charge is 0.262 e. The number of benzene rings is 2. The summed E-state index contributed by atoms with van der Waals surface area (Å²) in [6, 6.07) is 7.67. The quantitative estimate of drug-likeness (QED) is 0.826. The van der Waals surface area contributed by atoms with Crippen LogP contribution >= 0.6 is 0 Å². The summed E-state index contributed by atoms with van der Waals surface area (Å²) >= 11 is 0. The molecule has 26 heavy (non-hydrogen) atoms. The van der Waals surface area contributed by atoms with Gasteiger partial charge < -0.3 is 19.5 Å². The Labute approximate surface area is 151 Å².